The number of hydrogen-bond acceptors (Lipinski definition) is 4. The molecule has 2 N–H and O–H groups in total. The van der Waals surface area contributed by atoms with Crippen LogP contribution >= 0.6 is 0 Å². The monoisotopic (exact) mass is 385 g/mol. The molecule has 0 atom stereocenters. The van der Waals surface area contributed by atoms with Crippen molar-refractivity contribution in [2.45, 2.75) is 33.6 Å². The molecule has 5 rings (SSSR count). The van der Waals surface area contributed by atoms with E-state index in [1.54, 1.807) is 4.68 Å². The van der Waals surface area contributed by atoms with Gasteiger partial charge in [0.2, 0.25) is 5.95 Å². The highest BCUT2D eigenvalue weighted by Gasteiger charge is 2.37. The molecule has 6 nitrogen and oxygen atoms in total. The highest BCUT2D eigenvalue weighted by Crippen LogP contribution is 2.39. The standard InChI is InChI=1S/C23H23N5O/c1-14-7-6-8-15(11-14)24-21-20-18(12-23(2,3)13-19(20)29)28(27-21)22-25-16-9-4-5-10-17(16)26-22/h4-11H,12-13H2,1-3H3,(H,24,27)(H,25,26). The first-order valence-corrected chi connectivity index (χ1v) is 9.84. The third kappa shape index (κ3) is 3.10. The van der Waals surface area contributed by atoms with Gasteiger partial charge in [-0.15, -0.1) is 5.10 Å². The maximum Gasteiger partial charge on any atom is 0.229 e. The molecule has 4 aromatic rings. The average molecular weight is 385 g/mol. The molecule has 1 aliphatic carbocycles. The summed E-state index contributed by atoms with van der Waals surface area (Å²) >= 11 is 0. The molecule has 0 saturated carbocycles. The first-order valence-electron chi connectivity index (χ1n) is 9.84. The molecule has 0 bridgehead atoms. The molecule has 1 aliphatic rings. The maximum absolute atomic E-state index is 13.1. The van der Waals surface area contributed by atoms with E-state index in [2.05, 4.69) is 24.1 Å². The van der Waals surface area contributed by atoms with Gasteiger partial charge in [-0.2, -0.15) is 0 Å². The van der Waals surface area contributed by atoms with Gasteiger partial charge in [0.1, 0.15) is 0 Å². The molecule has 2 aromatic heterocycles. The number of aromatic nitrogens is 4. The van der Waals surface area contributed by atoms with Gasteiger partial charge >= 0.3 is 0 Å². The van der Waals surface area contributed by atoms with Gasteiger partial charge in [-0.25, -0.2) is 9.67 Å². The number of nitrogens with zero attached hydrogens (tertiary/aromatic N) is 3. The molecule has 6 heteroatoms. The van der Waals surface area contributed by atoms with Gasteiger partial charge in [0.25, 0.3) is 0 Å². The van der Waals surface area contributed by atoms with E-state index in [4.69, 9.17) is 10.1 Å². The number of Topliss-reactive ketones (excluding diaryl/α,β-unsaturated/α-hetero) is 1. The van der Waals surface area contributed by atoms with Gasteiger partial charge in [0, 0.05) is 12.1 Å². The second-order valence-corrected chi connectivity index (χ2v) is 8.60. The summed E-state index contributed by atoms with van der Waals surface area (Å²) in [4.78, 5) is 21.1. The van der Waals surface area contributed by atoms with E-state index < -0.39 is 0 Å². The number of aryl methyl sites for hydroxylation is 1. The van der Waals surface area contributed by atoms with Crippen LogP contribution in [0, 0.1) is 12.3 Å². The Morgan fingerprint density at radius 1 is 1.10 bits per heavy atom. The number of carbonyl (C=O) groups is 1. The number of rotatable bonds is 3. The smallest absolute Gasteiger partial charge is 0.229 e. The van der Waals surface area contributed by atoms with Crippen molar-refractivity contribution < 1.29 is 4.79 Å². The number of ketones is 1. The molecule has 0 fully saturated rings. The number of hydrogen-bond donors (Lipinski definition) is 2. The van der Waals surface area contributed by atoms with Crippen LogP contribution in [0.5, 0.6) is 0 Å². The van der Waals surface area contributed by atoms with Gasteiger partial charge in [0.15, 0.2) is 11.6 Å². The Morgan fingerprint density at radius 3 is 2.72 bits per heavy atom. The van der Waals surface area contributed by atoms with Crippen molar-refractivity contribution in [2.24, 2.45) is 5.41 Å². The van der Waals surface area contributed by atoms with Crippen LogP contribution in [0.1, 0.15) is 41.9 Å². The van der Waals surface area contributed by atoms with Gasteiger partial charge in [-0.3, -0.25) is 4.79 Å². The summed E-state index contributed by atoms with van der Waals surface area (Å²) in [5, 5.41) is 8.15. The van der Waals surface area contributed by atoms with E-state index >= 15 is 0 Å². The molecule has 29 heavy (non-hydrogen) atoms. The second-order valence-electron chi connectivity index (χ2n) is 8.60. The summed E-state index contributed by atoms with van der Waals surface area (Å²) in [6.45, 7) is 6.29. The number of para-hydroxylation sites is 2. The van der Waals surface area contributed by atoms with Crippen molar-refractivity contribution >= 4 is 28.3 Å². The number of nitrogens with one attached hydrogen (secondary N) is 2. The van der Waals surface area contributed by atoms with Crippen LogP contribution in [0.2, 0.25) is 0 Å². The molecule has 0 spiro atoms. The van der Waals surface area contributed by atoms with E-state index in [0.717, 1.165) is 34.4 Å². The quantitative estimate of drug-likeness (QED) is 0.523. The van der Waals surface area contributed by atoms with Crippen LogP contribution in [0.3, 0.4) is 0 Å². The molecular weight excluding hydrogens is 362 g/mol. The normalized spacial score (nSPS) is 15.5. The summed E-state index contributed by atoms with van der Waals surface area (Å²) in [6, 6.07) is 15.9. The number of aromatic amines is 1. The lowest BCUT2D eigenvalue weighted by atomic mass is 9.76. The first-order chi connectivity index (χ1) is 13.9. The molecule has 2 aromatic carbocycles. The van der Waals surface area contributed by atoms with Crippen LogP contribution in [0.15, 0.2) is 48.5 Å². The Balaban J connectivity index is 1.67. The SMILES string of the molecule is Cc1cccc(Nc2nn(-c3nc4ccccc4[nH]3)c3c2C(=O)CC(C)(C)C3)c1. The third-order valence-electron chi connectivity index (χ3n) is 5.40. The Bertz CT molecular complexity index is 1210. The number of carbonyl (C=O) groups excluding carboxylic acids is 1. The number of fused-ring (bicyclic) bond motifs is 2. The van der Waals surface area contributed by atoms with Crippen molar-refractivity contribution in [1.82, 2.24) is 19.7 Å². The zero-order valence-electron chi connectivity index (χ0n) is 16.8. The molecule has 0 radical (unpaired) electrons. The number of benzene rings is 2. The topological polar surface area (TPSA) is 75.6 Å². The lowest BCUT2D eigenvalue weighted by Gasteiger charge is -2.28. The molecule has 0 unspecified atom stereocenters. The van der Waals surface area contributed by atoms with E-state index in [9.17, 15) is 4.79 Å². The number of imidazole rings is 1. The lowest BCUT2D eigenvalue weighted by Crippen LogP contribution is -2.28. The predicted octanol–water partition coefficient (Wildman–Crippen LogP) is 4.96. The van der Waals surface area contributed by atoms with Crippen molar-refractivity contribution in [3.05, 3.63) is 65.4 Å². The molecular formula is C23H23N5O. The van der Waals surface area contributed by atoms with Crippen LogP contribution < -0.4 is 5.32 Å². The molecule has 146 valence electrons. The van der Waals surface area contributed by atoms with Crippen LogP contribution in [0.25, 0.3) is 17.0 Å². The summed E-state index contributed by atoms with van der Waals surface area (Å²) in [5.74, 6) is 1.34. The van der Waals surface area contributed by atoms with Crippen molar-refractivity contribution in [3.63, 3.8) is 0 Å². The number of H-pyrrole nitrogens is 1. The maximum atomic E-state index is 13.1. The molecule has 0 saturated heterocycles. The highest BCUT2D eigenvalue weighted by molar-refractivity contribution is 6.03. The summed E-state index contributed by atoms with van der Waals surface area (Å²) in [5.41, 5.74) is 5.34. The van der Waals surface area contributed by atoms with Crippen molar-refractivity contribution in [1.29, 1.82) is 0 Å². The minimum absolute atomic E-state index is 0.117. The minimum atomic E-state index is -0.117. The second kappa shape index (κ2) is 6.30. The fourth-order valence-electron chi connectivity index (χ4n) is 4.11. The van der Waals surface area contributed by atoms with Gasteiger partial charge in [0.05, 0.1) is 22.3 Å². The molecule has 2 heterocycles. The van der Waals surface area contributed by atoms with E-state index in [-0.39, 0.29) is 11.2 Å². The largest absolute Gasteiger partial charge is 0.338 e. The van der Waals surface area contributed by atoms with E-state index in [1.165, 1.54) is 0 Å². The van der Waals surface area contributed by atoms with Gasteiger partial charge < -0.3 is 10.3 Å². The third-order valence-corrected chi connectivity index (χ3v) is 5.40. The van der Waals surface area contributed by atoms with E-state index in [1.807, 2.05) is 55.5 Å². The number of anilines is 2. The van der Waals surface area contributed by atoms with Gasteiger partial charge in [-0.05, 0) is 48.6 Å². The Morgan fingerprint density at radius 2 is 1.93 bits per heavy atom. The zero-order chi connectivity index (χ0) is 20.2. The Kier molecular flexibility index (Phi) is 3.84. The van der Waals surface area contributed by atoms with Gasteiger partial charge in [-0.1, -0.05) is 38.1 Å². The molecule has 0 amide bonds. The van der Waals surface area contributed by atoms with Crippen LogP contribution in [-0.2, 0) is 6.42 Å². The van der Waals surface area contributed by atoms with E-state index in [0.29, 0.717) is 23.8 Å². The summed E-state index contributed by atoms with van der Waals surface area (Å²) < 4.78 is 1.80. The summed E-state index contributed by atoms with van der Waals surface area (Å²) in [7, 11) is 0. The Hall–Kier alpha value is -3.41. The molecule has 0 aliphatic heterocycles. The van der Waals surface area contributed by atoms with Crippen LogP contribution in [0.4, 0.5) is 11.5 Å². The van der Waals surface area contributed by atoms with Crippen molar-refractivity contribution in [2.75, 3.05) is 5.32 Å². The first kappa shape index (κ1) is 17.7. The lowest BCUT2D eigenvalue weighted by molar-refractivity contribution is 0.0912. The Labute approximate surface area is 169 Å². The fraction of sp³-hybridized carbons (Fsp3) is 0.261. The highest BCUT2D eigenvalue weighted by atomic mass is 16.1. The minimum Gasteiger partial charge on any atom is -0.338 e. The average Bonchev–Trinajstić information content (AvgIpc) is 3.22. The van der Waals surface area contributed by atoms with Crippen molar-refractivity contribution in [3.8, 4) is 5.95 Å². The summed E-state index contributed by atoms with van der Waals surface area (Å²) in [6.07, 6.45) is 1.27. The fourth-order valence-corrected chi connectivity index (χ4v) is 4.11. The zero-order valence-corrected chi connectivity index (χ0v) is 16.8. The van der Waals surface area contributed by atoms with Crippen LogP contribution in [-0.4, -0.2) is 25.5 Å². The predicted molar refractivity (Wildman–Crippen MR) is 114 cm³/mol.